The molecule has 3 nitrogen and oxygen atoms in total. The van der Waals surface area contributed by atoms with Crippen LogP contribution in [0.3, 0.4) is 0 Å². The van der Waals surface area contributed by atoms with Crippen LogP contribution in [0.4, 0.5) is 11.4 Å². The van der Waals surface area contributed by atoms with Gasteiger partial charge in [0.1, 0.15) is 0 Å². The summed E-state index contributed by atoms with van der Waals surface area (Å²) in [6, 6.07) is 46.3. The molecule has 0 saturated heterocycles. The molecule has 0 aliphatic carbocycles. The summed E-state index contributed by atoms with van der Waals surface area (Å²) < 4.78 is 0. The predicted molar refractivity (Wildman–Crippen MR) is 143 cm³/mol. The molecule has 5 aromatic rings. The largest absolute Gasteiger partial charge is 0.490 e. The van der Waals surface area contributed by atoms with Crippen LogP contribution >= 0.6 is 0 Å². The molecular weight excluding hydrogens is 417 g/mol. The van der Waals surface area contributed by atoms with Crippen molar-refractivity contribution in [1.29, 1.82) is 0 Å². The van der Waals surface area contributed by atoms with Crippen molar-refractivity contribution in [2.24, 2.45) is 0 Å². The SMILES string of the molecule is OB(O)c1ccccc1Nc1ccccc1.c1ccc(-c2ccccc2-c2ccccc2)cc1. The van der Waals surface area contributed by atoms with E-state index in [2.05, 4.69) is 90.2 Å². The average molecular weight is 443 g/mol. The summed E-state index contributed by atoms with van der Waals surface area (Å²) in [5.74, 6) is 0. The van der Waals surface area contributed by atoms with Crippen LogP contribution in [0.15, 0.2) is 140 Å². The molecule has 34 heavy (non-hydrogen) atoms. The smallest absolute Gasteiger partial charge is 0.423 e. The number of para-hydroxylation sites is 2. The average Bonchev–Trinajstić information content (AvgIpc) is 2.91. The minimum Gasteiger partial charge on any atom is -0.423 e. The van der Waals surface area contributed by atoms with Crippen LogP contribution in [0.5, 0.6) is 0 Å². The van der Waals surface area contributed by atoms with Gasteiger partial charge < -0.3 is 15.4 Å². The maximum atomic E-state index is 9.20. The standard InChI is InChI=1S/C18H14.C12H12BNO2/c1-3-9-15(10-4-1)17-13-7-8-14-18(17)16-11-5-2-6-12-16;15-13(16)11-8-4-5-9-12(11)14-10-6-2-1-3-7-10/h1-14H;1-9,14-16H. The first-order valence-corrected chi connectivity index (χ1v) is 11.2. The molecule has 0 aliphatic rings. The highest BCUT2D eigenvalue weighted by Gasteiger charge is 2.14. The minimum absolute atomic E-state index is 0.464. The van der Waals surface area contributed by atoms with Crippen LogP contribution in [-0.4, -0.2) is 17.2 Å². The van der Waals surface area contributed by atoms with Gasteiger partial charge in [0.25, 0.3) is 0 Å². The van der Waals surface area contributed by atoms with Gasteiger partial charge in [-0.05, 0) is 40.5 Å². The summed E-state index contributed by atoms with van der Waals surface area (Å²) >= 11 is 0. The molecule has 5 rings (SSSR count). The monoisotopic (exact) mass is 443 g/mol. The Balaban J connectivity index is 0.000000162. The molecule has 5 aromatic carbocycles. The van der Waals surface area contributed by atoms with E-state index in [0.717, 1.165) is 5.69 Å². The van der Waals surface area contributed by atoms with Crippen molar-refractivity contribution in [2.75, 3.05) is 5.32 Å². The summed E-state index contributed by atoms with van der Waals surface area (Å²) in [6.07, 6.45) is 0. The van der Waals surface area contributed by atoms with E-state index in [-0.39, 0.29) is 0 Å². The molecule has 0 heterocycles. The Labute approximate surface area is 201 Å². The zero-order valence-electron chi connectivity index (χ0n) is 18.8. The van der Waals surface area contributed by atoms with Gasteiger partial charge in [-0.25, -0.2) is 0 Å². The van der Waals surface area contributed by atoms with Crippen molar-refractivity contribution < 1.29 is 10.0 Å². The Bertz CT molecular complexity index is 1230. The quantitative estimate of drug-likeness (QED) is 0.287. The van der Waals surface area contributed by atoms with E-state index in [4.69, 9.17) is 0 Å². The molecule has 0 radical (unpaired) electrons. The van der Waals surface area contributed by atoms with Crippen molar-refractivity contribution >= 4 is 24.0 Å². The van der Waals surface area contributed by atoms with E-state index < -0.39 is 7.12 Å². The van der Waals surface area contributed by atoms with Gasteiger partial charge in [0.05, 0.1) is 0 Å². The van der Waals surface area contributed by atoms with Gasteiger partial charge in [0.2, 0.25) is 0 Å². The molecule has 0 spiro atoms. The van der Waals surface area contributed by atoms with E-state index in [0.29, 0.717) is 11.2 Å². The third-order valence-electron chi connectivity index (χ3n) is 5.39. The molecule has 0 atom stereocenters. The Morgan fingerprint density at radius 3 is 1.35 bits per heavy atom. The van der Waals surface area contributed by atoms with Gasteiger partial charge in [-0.1, -0.05) is 121 Å². The third kappa shape index (κ3) is 6.02. The first kappa shape index (κ1) is 23.1. The lowest BCUT2D eigenvalue weighted by Gasteiger charge is -2.11. The molecule has 0 bridgehead atoms. The summed E-state index contributed by atoms with van der Waals surface area (Å²) in [5, 5.41) is 21.5. The van der Waals surface area contributed by atoms with Gasteiger partial charge in [-0.2, -0.15) is 0 Å². The van der Waals surface area contributed by atoms with E-state index in [1.165, 1.54) is 22.3 Å². The second-order valence-corrected chi connectivity index (χ2v) is 7.73. The van der Waals surface area contributed by atoms with Gasteiger partial charge >= 0.3 is 7.12 Å². The Morgan fingerprint density at radius 1 is 0.441 bits per heavy atom. The second kappa shape index (κ2) is 11.7. The van der Waals surface area contributed by atoms with E-state index in [1.807, 2.05) is 42.5 Å². The molecule has 0 aromatic heterocycles. The highest BCUT2D eigenvalue weighted by molar-refractivity contribution is 6.60. The van der Waals surface area contributed by atoms with Gasteiger partial charge in [0.15, 0.2) is 0 Å². The lowest BCUT2D eigenvalue weighted by Crippen LogP contribution is -2.31. The molecular formula is C30H26BNO2. The van der Waals surface area contributed by atoms with Gasteiger partial charge in [-0.3, -0.25) is 0 Å². The van der Waals surface area contributed by atoms with Crippen molar-refractivity contribution in [1.82, 2.24) is 0 Å². The zero-order chi connectivity index (χ0) is 23.6. The number of benzene rings is 5. The summed E-state index contributed by atoms with van der Waals surface area (Å²) in [6.45, 7) is 0. The molecule has 4 heteroatoms. The van der Waals surface area contributed by atoms with Gasteiger partial charge in [0, 0.05) is 16.8 Å². The fourth-order valence-corrected chi connectivity index (χ4v) is 3.73. The third-order valence-corrected chi connectivity index (χ3v) is 5.39. The molecule has 166 valence electrons. The predicted octanol–water partition coefficient (Wildman–Crippen LogP) is 6.13. The van der Waals surface area contributed by atoms with Crippen LogP contribution in [0, 0.1) is 0 Å². The van der Waals surface area contributed by atoms with Crippen molar-refractivity contribution in [2.45, 2.75) is 0 Å². The lowest BCUT2D eigenvalue weighted by molar-refractivity contribution is 0.426. The Hall–Kier alpha value is -4.12. The maximum absolute atomic E-state index is 9.20. The van der Waals surface area contributed by atoms with Crippen LogP contribution in [0.2, 0.25) is 0 Å². The molecule has 0 saturated carbocycles. The first-order valence-electron chi connectivity index (χ1n) is 11.2. The molecule has 0 amide bonds. The first-order chi connectivity index (χ1) is 16.7. The second-order valence-electron chi connectivity index (χ2n) is 7.73. The van der Waals surface area contributed by atoms with Crippen LogP contribution in [0.1, 0.15) is 0 Å². The summed E-state index contributed by atoms with van der Waals surface area (Å²) in [5.41, 5.74) is 7.16. The summed E-state index contributed by atoms with van der Waals surface area (Å²) in [7, 11) is -1.47. The molecule has 0 aliphatic heterocycles. The van der Waals surface area contributed by atoms with E-state index in [9.17, 15) is 10.0 Å². The topological polar surface area (TPSA) is 52.5 Å². The van der Waals surface area contributed by atoms with Crippen molar-refractivity contribution in [3.05, 3.63) is 140 Å². The minimum atomic E-state index is -1.47. The molecule has 3 N–H and O–H groups in total. The fourth-order valence-electron chi connectivity index (χ4n) is 3.73. The summed E-state index contributed by atoms with van der Waals surface area (Å²) in [4.78, 5) is 0. The van der Waals surface area contributed by atoms with Gasteiger partial charge in [-0.15, -0.1) is 0 Å². The van der Waals surface area contributed by atoms with E-state index in [1.54, 1.807) is 12.1 Å². The Kier molecular flexibility index (Phi) is 7.91. The normalized spacial score (nSPS) is 10.1. The maximum Gasteiger partial charge on any atom is 0.490 e. The lowest BCUT2D eigenvalue weighted by atomic mass is 9.79. The highest BCUT2D eigenvalue weighted by atomic mass is 16.4. The highest BCUT2D eigenvalue weighted by Crippen LogP contribution is 2.31. The number of rotatable bonds is 5. The number of hydrogen-bond acceptors (Lipinski definition) is 3. The van der Waals surface area contributed by atoms with Crippen molar-refractivity contribution in [3.8, 4) is 22.3 Å². The number of nitrogens with one attached hydrogen (secondary N) is 1. The Morgan fingerprint density at radius 2 is 0.853 bits per heavy atom. The zero-order valence-corrected chi connectivity index (χ0v) is 18.8. The molecule has 0 fully saturated rings. The van der Waals surface area contributed by atoms with Crippen LogP contribution in [-0.2, 0) is 0 Å². The fraction of sp³-hybridized carbons (Fsp3) is 0. The van der Waals surface area contributed by atoms with Crippen LogP contribution < -0.4 is 10.8 Å². The molecule has 0 unspecified atom stereocenters. The number of anilines is 2. The van der Waals surface area contributed by atoms with Crippen molar-refractivity contribution in [3.63, 3.8) is 0 Å². The number of hydrogen-bond donors (Lipinski definition) is 3. The van der Waals surface area contributed by atoms with Crippen LogP contribution in [0.25, 0.3) is 22.3 Å². The van der Waals surface area contributed by atoms with E-state index >= 15 is 0 Å².